The van der Waals surface area contributed by atoms with Crippen molar-refractivity contribution in [2.75, 3.05) is 24.7 Å². The van der Waals surface area contributed by atoms with Crippen molar-refractivity contribution in [3.05, 3.63) is 28.2 Å². The zero-order chi connectivity index (χ0) is 21.5. The number of aromatic nitrogens is 3. The highest BCUT2D eigenvalue weighted by molar-refractivity contribution is 7.96. The van der Waals surface area contributed by atoms with Crippen molar-refractivity contribution >= 4 is 52.5 Å². The summed E-state index contributed by atoms with van der Waals surface area (Å²) in [5, 5.41) is 4.29. The fourth-order valence-corrected chi connectivity index (χ4v) is 5.49. The molecule has 2 unspecified atom stereocenters. The van der Waals surface area contributed by atoms with Gasteiger partial charge in [0.15, 0.2) is 0 Å². The third kappa shape index (κ3) is 4.31. The van der Waals surface area contributed by atoms with Crippen LogP contribution < -0.4 is 10.9 Å². The van der Waals surface area contributed by atoms with Gasteiger partial charge in [0, 0.05) is 42.3 Å². The molecular weight excluding hydrogens is 391 g/mol. The predicted octanol–water partition coefficient (Wildman–Crippen LogP) is 0.317. The lowest BCUT2D eigenvalue weighted by atomic mass is 9.40. The summed E-state index contributed by atoms with van der Waals surface area (Å²) in [6.45, 7) is 4.41. The van der Waals surface area contributed by atoms with Gasteiger partial charge in [0.2, 0.25) is 5.95 Å². The second kappa shape index (κ2) is 8.62. The minimum Gasteiger partial charge on any atom is -0.351 e. The molecule has 3 heterocycles. The Morgan fingerprint density at radius 1 is 1.20 bits per heavy atom. The fourth-order valence-electron chi connectivity index (χ4n) is 4.91. The molecule has 2 aliphatic rings. The maximum absolute atomic E-state index is 13.6. The van der Waals surface area contributed by atoms with Gasteiger partial charge >= 0.3 is 0 Å². The van der Waals surface area contributed by atoms with Crippen molar-refractivity contribution in [1.82, 2.24) is 18.8 Å². The summed E-state index contributed by atoms with van der Waals surface area (Å²) in [5.74, 6) is 1.13. The van der Waals surface area contributed by atoms with Crippen LogP contribution in [-0.4, -0.2) is 67.8 Å². The number of piperidine rings is 1. The van der Waals surface area contributed by atoms with E-state index in [0.29, 0.717) is 17.9 Å². The molecule has 0 radical (unpaired) electrons. The first kappa shape index (κ1) is 21.8. The Balaban J connectivity index is 1.74. The molecule has 0 bridgehead atoms. The largest absolute Gasteiger partial charge is 0.351 e. The van der Waals surface area contributed by atoms with Gasteiger partial charge < -0.3 is 5.32 Å². The molecule has 1 aliphatic heterocycles. The van der Waals surface area contributed by atoms with E-state index in [2.05, 4.69) is 51.3 Å². The van der Waals surface area contributed by atoms with Crippen molar-refractivity contribution < 1.29 is 0 Å². The number of hydrogen-bond acceptors (Lipinski definition) is 6. The van der Waals surface area contributed by atoms with Crippen molar-refractivity contribution in [1.29, 1.82) is 0 Å². The normalized spacial score (nSPS) is 23.8. The second-order valence-electron chi connectivity index (χ2n) is 9.96. The Morgan fingerprint density at radius 2 is 1.93 bits per heavy atom. The third-order valence-corrected chi connectivity index (χ3v) is 7.66. The summed E-state index contributed by atoms with van der Waals surface area (Å²) in [5.41, 5.74) is 1.75. The van der Waals surface area contributed by atoms with Crippen LogP contribution in [-0.2, 0) is 5.11 Å². The first-order chi connectivity index (χ1) is 14.3. The lowest BCUT2D eigenvalue weighted by Crippen LogP contribution is -2.39. The first-order valence-electron chi connectivity index (χ1n) is 11.3. The summed E-state index contributed by atoms with van der Waals surface area (Å²) < 4.78 is 4.39. The zero-order valence-electron chi connectivity index (χ0n) is 18.9. The van der Waals surface area contributed by atoms with Crippen LogP contribution in [0.1, 0.15) is 50.6 Å². The van der Waals surface area contributed by atoms with Crippen molar-refractivity contribution in [3.8, 4) is 0 Å². The van der Waals surface area contributed by atoms with Gasteiger partial charge in [-0.25, -0.2) is 4.98 Å². The highest BCUT2D eigenvalue weighted by Gasteiger charge is 2.30. The van der Waals surface area contributed by atoms with E-state index in [1.165, 1.54) is 12.8 Å². The van der Waals surface area contributed by atoms with Crippen LogP contribution in [0.5, 0.6) is 0 Å². The van der Waals surface area contributed by atoms with Crippen LogP contribution in [0.2, 0.25) is 0 Å². The van der Waals surface area contributed by atoms with Gasteiger partial charge in [-0.1, -0.05) is 30.4 Å². The van der Waals surface area contributed by atoms with Gasteiger partial charge in [-0.2, -0.15) is 4.98 Å². The van der Waals surface area contributed by atoms with Crippen LogP contribution in [0.4, 0.5) is 5.95 Å². The predicted molar refractivity (Wildman–Crippen MR) is 135 cm³/mol. The summed E-state index contributed by atoms with van der Waals surface area (Å²) >= 11 is 1.81. The molecule has 1 aliphatic carbocycles. The minimum atomic E-state index is -0.211. The van der Waals surface area contributed by atoms with E-state index < -0.39 is 0 Å². The van der Waals surface area contributed by atoms with Gasteiger partial charge in [0.25, 0.3) is 5.56 Å². The number of hydrogen-bond donors (Lipinski definition) is 1. The summed E-state index contributed by atoms with van der Waals surface area (Å²) in [6, 6.07) is 2.61. The van der Waals surface area contributed by atoms with E-state index in [1.807, 2.05) is 28.8 Å². The maximum Gasteiger partial charge on any atom is 0.254 e. The molecule has 1 saturated carbocycles. The van der Waals surface area contributed by atoms with Gasteiger partial charge in [0.05, 0.1) is 23.5 Å². The molecule has 2 fully saturated rings. The lowest BCUT2D eigenvalue weighted by Gasteiger charge is -2.30. The second-order valence-corrected chi connectivity index (χ2v) is 10.8. The highest BCUT2D eigenvalue weighted by atomic mass is 32.2. The molecule has 1 N–H and O–H groups in total. The van der Waals surface area contributed by atoms with E-state index in [1.54, 1.807) is 0 Å². The summed E-state index contributed by atoms with van der Waals surface area (Å²) in [6.07, 6.45) is 9.58. The molecule has 0 amide bonds. The number of rotatable bonds is 5. The Labute approximate surface area is 186 Å². The van der Waals surface area contributed by atoms with Crippen molar-refractivity contribution in [2.24, 2.45) is 5.92 Å². The Bertz CT molecular complexity index is 971. The maximum atomic E-state index is 13.6. The molecule has 2 aromatic heterocycles. The lowest BCUT2D eigenvalue weighted by molar-refractivity contribution is 0.358. The molecule has 1 saturated heterocycles. The van der Waals surface area contributed by atoms with Crippen LogP contribution in [0.25, 0.3) is 11.0 Å². The average Bonchev–Trinajstić information content (AvgIpc) is 3.12. The SMILES string of the molecule is BC(B)(B)c1cc2cnc(NC3CCN(SC)CC3)nc2n(C2CCCC2C)c1=O. The van der Waals surface area contributed by atoms with Crippen LogP contribution in [0.3, 0.4) is 0 Å². The van der Waals surface area contributed by atoms with Crippen LogP contribution in [0, 0.1) is 5.92 Å². The first-order valence-corrected chi connectivity index (χ1v) is 12.4. The van der Waals surface area contributed by atoms with Gasteiger partial charge in [-0.05, 0) is 43.9 Å². The molecule has 0 spiro atoms. The zero-order valence-corrected chi connectivity index (χ0v) is 19.8. The summed E-state index contributed by atoms with van der Waals surface area (Å²) in [4.78, 5) is 23.1. The minimum absolute atomic E-state index is 0.117. The fraction of sp³-hybridized carbons (Fsp3) is 0.650. The van der Waals surface area contributed by atoms with E-state index in [-0.39, 0.29) is 16.7 Å². The quantitative estimate of drug-likeness (QED) is 0.553. The molecule has 158 valence electrons. The average molecular weight is 423 g/mol. The van der Waals surface area contributed by atoms with E-state index >= 15 is 0 Å². The van der Waals surface area contributed by atoms with Crippen molar-refractivity contribution in [2.45, 2.75) is 56.2 Å². The molecule has 30 heavy (non-hydrogen) atoms. The number of pyridine rings is 1. The Kier molecular flexibility index (Phi) is 6.26. The Hall–Kier alpha value is -1.41. The van der Waals surface area contributed by atoms with Crippen LogP contribution >= 0.6 is 11.9 Å². The van der Waals surface area contributed by atoms with E-state index in [9.17, 15) is 4.79 Å². The van der Waals surface area contributed by atoms with E-state index in [4.69, 9.17) is 4.98 Å². The molecule has 4 rings (SSSR count). The molecule has 6 nitrogen and oxygen atoms in total. The molecular formula is C20H32B3N5OS. The number of anilines is 1. The van der Waals surface area contributed by atoms with Gasteiger partial charge in [-0.3, -0.25) is 13.7 Å². The third-order valence-electron chi connectivity index (χ3n) is 6.77. The number of fused-ring (bicyclic) bond motifs is 1. The topological polar surface area (TPSA) is 63.1 Å². The molecule has 0 aromatic carbocycles. The monoisotopic (exact) mass is 423 g/mol. The molecule has 2 aromatic rings. The number of nitrogens with zero attached hydrogens (tertiary/aromatic N) is 4. The van der Waals surface area contributed by atoms with Crippen molar-refractivity contribution in [3.63, 3.8) is 0 Å². The molecule has 10 heteroatoms. The van der Waals surface area contributed by atoms with E-state index in [0.717, 1.165) is 48.9 Å². The highest BCUT2D eigenvalue weighted by Crippen LogP contribution is 2.36. The summed E-state index contributed by atoms with van der Waals surface area (Å²) in [7, 11) is 6.32. The smallest absolute Gasteiger partial charge is 0.254 e. The standard InChI is InChI=1S/C20H32B3N5OS/c1-12-4-3-5-16(12)28-17-13(10-15(18(28)29)20(21,22)23)11-24-19(26-17)25-14-6-8-27(30-2)9-7-14/h10-12,14,16H,3-9,21-23H2,1-2H3,(H,24,25,26). The van der Waals surface area contributed by atoms with Gasteiger partial charge in [0.1, 0.15) is 5.65 Å². The Morgan fingerprint density at radius 3 is 2.53 bits per heavy atom. The molecule has 2 atom stereocenters. The van der Waals surface area contributed by atoms with Gasteiger partial charge in [-0.15, -0.1) is 0 Å². The van der Waals surface area contributed by atoms with Crippen LogP contribution in [0.15, 0.2) is 17.1 Å². The number of nitrogens with one attached hydrogen (secondary N) is 1.